The van der Waals surface area contributed by atoms with Gasteiger partial charge in [-0.05, 0) is 13.3 Å². The van der Waals surface area contributed by atoms with Gasteiger partial charge in [0.1, 0.15) is 0 Å². The third-order valence-electron chi connectivity index (χ3n) is 1.56. The van der Waals surface area contributed by atoms with Crippen molar-refractivity contribution in [1.82, 2.24) is 0 Å². The van der Waals surface area contributed by atoms with Crippen LogP contribution in [0, 0.1) is 0 Å². The minimum absolute atomic E-state index is 0.273. The Morgan fingerprint density at radius 3 is 2.58 bits per heavy atom. The molecule has 0 amide bonds. The van der Waals surface area contributed by atoms with Crippen LogP contribution in [0.4, 0.5) is 0 Å². The molecule has 0 fully saturated rings. The minimum atomic E-state index is -1.18. The van der Waals surface area contributed by atoms with Gasteiger partial charge in [0.2, 0.25) is 0 Å². The number of esters is 1. The maximum absolute atomic E-state index is 10.9. The fourth-order valence-electron chi connectivity index (χ4n) is 0.894. The van der Waals surface area contributed by atoms with Gasteiger partial charge in [0.25, 0.3) is 0 Å². The summed E-state index contributed by atoms with van der Waals surface area (Å²) in [6, 6.07) is -0.506. The number of rotatable bonds is 5. The van der Waals surface area contributed by atoms with Crippen LogP contribution in [-0.2, 0) is 9.53 Å². The van der Waals surface area contributed by atoms with Gasteiger partial charge in [-0.25, -0.2) is 4.79 Å². The molecule has 72 valence electrons. The van der Waals surface area contributed by atoms with Crippen LogP contribution in [0.25, 0.3) is 0 Å². The van der Waals surface area contributed by atoms with Gasteiger partial charge >= 0.3 is 5.97 Å². The van der Waals surface area contributed by atoms with E-state index in [2.05, 4.69) is 4.74 Å². The van der Waals surface area contributed by atoms with Gasteiger partial charge in [-0.15, -0.1) is 0 Å². The molecule has 0 aromatic rings. The fraction of sp³-hybridized carbons (Fsp3) is 0.875. The molecule has 0 aromatic heterocycles. The summed E-state index contributed by atoms with van der Waals surface area (Å²) >= 11 is 0. The molecule has 12 heavy (non-hydrogen) atoms. The summed E-state index contributed by atoms with van der Waals surface area (Å²) in [6.07, 6.45) is 0.294. The average Bonchev–Trinajstić information content (AvgIpc) is 2.04. The highest BCUT2D eigenvalue weighted by molar-refractivity contribution is 5.75. The first-order chi connectivity index (χ1) is 5.63. The molecular weight excluding hydrogens is 158 g/mol. The molecule has 0 unspecified atom stereocenters. The van der Waals surface area contributed by atoms with E-state index in [0.29, 0.717) is 6.42 Å². The Morgan fingerprint density at radius 2 is 2.17 bits per heavy atom. The molecule has 0 saturated carbocycles. The van der Waals surface area contributed by atoms with Gasteiger partial charge in [-0.3, -0.25) is 0 Å². The van der Waals surface area contributed by atoms with Gasteiger partial charge in [0.15, 0.2) is 6.10 Å². The van der Waals surface area contributed by atoms with E-state index < -0.39 is 18.1 Å². The molecule has 0 rings (SSSR count). The zero-order valence-electron chi connectivity index (χ0n) is 7.62. The lowest BCUT2D eigenvalue weighted by Crippen LogP contribution is -2.41. The van der Waals surface area contributed by atoms with E-state index in [4.69, 9.17) is 5.73 Å². The van der Waals surface area contributed by atoms with Crippen molar-refractivity contribution >= 4 is 5.97 Å². The van der Waals surface area contributed by atoms with Gasteiger partial charge in [0.05, 0.1) is 6.61 Å². The van der Waals surface area contributed by atoms with Crippen LogP contribution < -0.4 is 5.73 Å². The molecule has 0 aliphatic rings. The Bertz CT molecular complexity index is 138. The molecular formula is C8H17NO3. The highest BCUT2D eigenvalue weighted by Gasteiger charge is 2.22. The van der Waals surface area contributed by atoms with Gasteiger partial charge in [-0.2, -0.15) is 0 Å². The third-order valence-corrected chi connectivity index (χ3v) is 1.56. The first-order valence-electron chi connectivity index (χ1n) is 4.23. The van der Waals surface area contributed by atoms with Crippen LogP contribution in [0.3, 0.4) is 0 Å². The predicted molar refractivity (Wildman–Crippen MR) is 45.5 cm³/mol. The molecule has 0 aromatic carbocycles. The topological polar surface area (TPSA) is 72.5 Å². The summed E-state index contributed by atoms with van der Waals surface area (Å²) in [5.74, 6) is -0.626. The molecule has 0 saturated heterocycles. The van der Waals surface area contributed by atoms with Crippen molar-refractivity contribution < 1.29 is 14.6 Å². The number of hydrogen-bond donors (Lipinski definition) is 2. The van der Waals surface area contributed by atoms with Crippen LogP contribution in [0.15, 0.2) is 0 Å². The van der Waals surface area contributed by atoms with E-state index in [1.54, 1.807) is 6.92 Å². The molecule has 0 radical (unpaired) electrons. The Kier molecular flexibility index (Phi) is 5.66. The molecule has 0 aliphatic heterocycles. The van der Waals surface area contributed by atoms with E-state index in [9.17, 15) is 9.90 Å². The highest BCUT2D eigenvalue weighted by Crippen LogP contribution is 2.01. The fourth-order valence-corrected chi connectivity index (χ4v) is 0.894. The second-order valence-corrected chi connectivity index (χ2v) is 2.65. The molecule has 3 N–H and O–H groups in total. The lowest BCUT2D eigenvalue weighted by atomic mass is 10.1. The van der Waals surface area contributed by atoms with Crippen LogP contribution in [0.5, 0.6) is 0 Å². The molecule has 0 aliphatic carbocycles. The SMILES string of the molecule is CCC[C@H](N)[C@@H](O)C(=O)OCC. The van der Waals surface area contributed by atoms with E-state index in [-0.39, 0.29) is 6.61 Å². The largest absolute Gasteiger partial charge is 0.464 e. The normalized spacial score (nSPS) is 15.3. The van der Waals surface area contributed by atoms with Crippen molar-refractivity contribution in [1.29, 1.82) is 0 Å². The van der Waals surface area contributed by atoms with Crippen LogP contribution in [-0.4, -0.2) is 29.8 Å². The van der Waals surface area contributed by atoms with E-state index in [1.807, 2.05) is 6.92 Å². The standard InChI is InChI=1S/C8H17NO3/c1-3-5-6(9)7(10)8(11)12-4-2/h6-7,10H,3-5,9H2,1-2H3/t6-,7+/m0/s1. The van der Waals surface area contributed by atoms with Crippen molar-refractivity contribution in [2.75, 3.05) is 6.61 Å². The number of aliphatic hydroxyl groups excluding tert-OH is 1. The number of ether oxygens (including phenoxy) is 1. The van der Waals surface area contributed by atoms with Crippen LogP contribution in [0.2, 0.25) is 0 Å². The van der Waals surface area contributed by atoms with E-state index >= 15 is 0 Å². The molecule has 0 heterocycles. The van der Waals surface area contributed by atoms with Crippen molar-refractivity contribution in [3.8, 4) is 0 Å². The van der Waals surface area contributed by atoms with Crippen LogP contribution >= 0.6 is 0 Å². The maximum atomic E-state index is 10.9. The Morgan fingerprint density at radius 1 is 1.58 bits per heavy atom. The lowest BCUT2D eigenvalue weighted by molar-refractivity contribution is -0.154. The molecule has 4 heteroatoms. The Balaban J connectivity index is 3.82. The Hall–Kier alpha value is -0.610. The van der Waals surface area contributed by atoms with Gasteiger partial charge < -0.3 is 15.6 Å². The zero-order valence-corrected chi connectivity index (χ0v) is 7.62. The molecule has 0 spiro atoms. The van der Waals surface area contributed by atoms with Crippen molar-refractivity contribution in [3.63, 3.8) is 0 Å². The number of nitrogens with two attached hydrogens (primary N) is 1. The van der Waals surface area contributed by atoms with E-state index in [0.717, 1.165) is 6.42 Å². The second kappa shape index (κ2) is 5.97. The van der Waals surface area contributed by atoms with E-state index in [1.165, 1.54) is 0 Å². The van der Waals surface area contributed by atoms with Gasteiger partial charge in [0, 0.05) is 6.04 Å². The second-order valence-electron chi connectivity index (χ2n) is 2.65. The number of carbonyl (C=O) groups excluding carboxylic acids is 1. The number of carbonyl (C=O) groups is 1. The summed E-state index contributed by atoms with van der Waals surface area (Å²) in [5.41, 5.74) is 5.51. The summed E-state index contributed by atoms with van der Waals surface area (Å²) in [5, 5.41) is 9.25. The summed E-state index contributed by atoms with van der Waals surface area (Å²) in [4.78, 5) is 10.9. The zero-order chi connectivity index (χ0) is 9.56. The minimum Gasteiger partial charge on any atom is -0.464 e. The number of aliphatic hydroxyl groups is 1. The number of hydrogen-bond acceptors (Lipinski definition) is 4. The summed E-state index contributed by atoms with van der Waals surface area (Å²) in [7, 11) is 0. The third kappa shape index (κ3) is 3.69. The summed E-state index contributed by atoms with van der Waals surface area (Å²) in [6.45, 7) is 3.91. The maximum Gasteiger partial charge on any atom is 0.336 e. The van der Waals surface area contributed by atoms with Crippen molar-refractivity contribution in [2.45, 2.75) is 38.8 Å². The predicted octanol–water partition coefficient (Wildman–Crippen LogP) is 0.0378. The average molecular weight is 175 g/mol. The highest BCUT2D eigenvalue weighted by atomic mass is 16.5. The van der Waals surface area contributed by atoms with Gasteiger partial charge in [-0.1, -0.05) is 13.3 Å². The molecule has 0 bridgehead atoms. The van der Waals surface area contributed by atoms with Crippen LogP contribution in [0.1, 0.15) is 26.7 Å². The summed E-state index contributed by atoms with van der Waals surface area (Å²) < 4.78 is 4.60. The molecule has 2 atom stereocenters. The monoisotopic (exact) mass is 175 g/mol. The Labute approximate surface area is 72.7 Å². The first-order valence-corrected chi connectivity index (χ1v) is 4.23. The lowest BCUT2D eigenvalue weighted by Gasteiger charge is -2.15. The quantitative estimate of drug-likeness (QED) is 0.578. The van der Waals surface area contributed by atoms with Crippen molar-refractivity contribution in [3.05, 3.63) is 0 Å². The first kappa shape index (κ1) is 11.4. The molecule has 4 nitrogen and oxygen atoms in total. The smallest absolute Gasteiger partial charge is 0.336 e. The van der Waals surface area contributed by atoms with Crippen molar-refractivity contribution in [2.24, 2.45) is 5.73 Å².